The first-order valence-corrected chi connectivity index (χ1v) is 13.1. The molecule has 0 aromatic heterocycles. The number of carbonyl (C=O) groups is 1. The van der Waals surface area contributed by atoms with E-state index in [1.807, 2.05) is 63.3 Å². The lowest BCUT2D eigenvalue weighted by atomic mass is 9.81. The third-order valence-corrected chi connectivity index (χ3v) is 6.52. The van der Waals surface area contributed by atoms with Gasteiger partial charge in [0.25, 0.3) is 0 Å². The van der Waals surface area contributed by atoms with E-state index in [1.165, 1.54) is 6.07 Å². The molecule has 0 fully saturated rings. The largest absolute Gasteiger partial charge is 0.497 e. The van der Waals surface area contributed by atoms with Crippen LogP contribution in [0, 0.1) is 12.7 Å². The van der Waals surface area contributed by atoms with Crippen molar-refractivity contribution in [1.29, 1.82) is 0 Å². The minimum Gasteiger partial charge on any atom is -0.497 e. The van der Waals surface area contributed by atoms with Gasteiger partial charge in [0.2, 0.25) is 0 Å². The molecule has 0 saturated carbocycles. The van der Waals surface area contributed by atoms with Crippen LogP contribution in [0.4, 0.5) is 4.39 Å². The zero-order chi connectivity index (χ0) is 27.9. The third-order valence-electron chi connectivity index (χ3n) is 6.52. The third kappa shape index (κ3) is 7.25. The van der Waals surface area contributed by atoms with Crippen LogP contribution >= 0.6 is 0 Å². The molecule has 0 aliphatic carbocycles. The molecule has 0 bridgehead atoms. The molecule has 202 valence electrons. The molecule has 4 nitrogen and oxygen atoms in total. The van der Waals surface area contributed by atoms with Gasteiger partial charge in [-0.1, -0.05) is 51.1 Å². The van der Waals surface area contributed by atoms with Gasteiger partial charge < -0.3 is 14.2 Å². The van der Waals surface area contributed by atoms with E-state index < -0.39 is 0 Å². The molecule has 3 aromatic carbocycles. The summed E-state index contributed by atoms with van der Waals surface area (Å²) >= 11 is 0. The number of allylic oxidation sites excluding steroid dienone is 2. The highest BCUT2D eigenvalue weighted by molar-refractivity contribution is 5.72. The van der Waals surface area contributed by atoms with Gasteiger partial charge >= 0.3 is 5.97 Å². The van der Waals surface area contributed by atoms with E-state index >= 15 is 0 Å². The molecule has 0 aliphatic heterocycles. The first kappa shape index (κ1) is 29.0. The lowest BCUT2D eigenvalue weighted by Crippen LogP contribution is -2.13. The zero-order valence-corrected chi connectivity index (χ0v) is 23.6. The molecule has 0 spiro atoms. The van der Waals surface area contributed by atoms with Crippen molar-refractivity contribution >= 4 is 5.97 Å². The van der Waals surface area contributed by atoms with Gasteiger partial charge in [-0.05, 0) is 90.4 Å². The Hall–Kier alpha value is -3.60. The van der Waals surface area contributed by atoms with Crippen LogP contribution in [0.1, 0.15) is 69.2 Å². The number of ether oxygens (including phenoxy) is 3. The minimum absolute atomic E-state index is 0.0571. The summed E-state index contributed by atoms with van der Waals surface area (Å²) in [5, 5.41) is 0. The lowest BCUT2D eigenvalue weighted by Gasteiger charge is -2.24. The Morgan fingerprint density at radius 2 is 1.74 bits per heavy atom. The topological polar surface area (TPSA) is 44.8 Å². The van der Waals surface area contributed by atoms with Crippen LogP contribution < -0.4 is 9.47 Å². The van der Waals surface area contributed by atoms with Crippen molar-refractivity contribution in [2.75, 3.05) is 13.7 Å². The van der Waals surface area contributed by atoms with Crippen LogP contribution in [0.2, 0.25) is 0 Å². The van der Waals surface area contributed by atoms with Crippen LogP contribution in [0.15, 0.2) is 66.7 Å². The number of halogens is 1. The summed E-state index contributed by atoms with van der Waals surface area (Å²) in [5.74, 6) is 0.781. The molecule has 0 unspecified atom stereocenters. The Morgan fingerprint density at radius 3 is 2.37 bits per heavy atom. The maximum Gasteiger partial charge on any atom is 0.306 e. The molecule has 0 amide bonds. The van der Waals surface area contributed by atoms with Crippen molar-refractivity contribution in [3.63, 3.8) is 0 Å². The van der Waals surface area contributed by atoms with Gasteiger partial charge in [0, 0.05) is 11.5 Å². The van der Waals surface area contributed by atoms with Crippen molar-refractivity contribution in [1.82, 2.24) is 0 Å². The monoisotopic (exact) mass is 518 g/mol. The van der Waals surface area contributed by atoms with Gasteiger partial charge in [0.1, 0.15) is 23.9 Å². The fourth-order valence-corrected chi connectivity index (χ4v) is 4.63. The summed E-state index contributed by atoms with van der Waals surface area (Å²) in [6.07, 6.45) is 4.27. The molecule has 3 aromatic rings. The summed E-state index contributed by atoms with van der Waals surface area (Å²) in [5.41, 5.74) is 5.24. The number of hydrogen-bond donors (Lipinski definition) is 0. The second-order valence-electron chi connectivity index (χ2n) is 10.4. The van der Waals surface area contributed by atoms with E-state index in [-0.39, 0.29) is 23.1 Å². The summed E-state index contributed by atoms with van der Waals surface area (Å²) in [6.45, 7) is 12.8. The summed E-state index contributed by atoms with van der Waals surface area (Å²) < 4.78 is 31.6. The fourth-order valence-electron chi connectivity index (χ4n) is 4.63. The Labute approximate surface area is 226 Å². The van der Waals surface area contributed by atoms with Gasteiger partial charge in [0.15, 0.2) is 0 Å². The molecule has 0 radical (unpaired) electrons. The molecule has 1 atom stereocenters. The van der Waals surface area contributed by atoms with Crippen LogP contribution in [0.3, 0.4) is 0 Å². The Kier molecular flexibility index (Phi) is 9.73. The molecular weight excluding hydrogens is 479 g/mol. The Bertz CT molecular complexity index is 1290. The van der Waals surface area contributed by atoms with Crippen molar-refractivity contribution in [3.05, 3.63) is 94.8 Å². The quantitative estimate of drug-likeness (QED) is 0.200. The van der Waals surface area contributed by atoms with Gasteiger partial charge in [0.05, 0.1) is 20.1 Å². The van der Waals surface area contributed by atoms with Crippen LogP contribution in [-0.2, 0) is 21.6 Å². The highest BCUT2D eigenvalue weighted by Gasteiger charge is 2.22. The summed E-state index contributed by atoms with van der Waals surface area (Å²) in [6, 6.07) is 16.8. The van der Waals surface area contributed by atoms with Gasteiger partial charge in [-0.2, -0.15) is 0 Å². The highest BCUT2D eigenvalue weighted by Crippen LogP contribution is 2.37. The Balaban J connectivity index is 1.86. The van der Waals surface area contributed by atoms with Gasteiger partial charge in [-0.3, -0.25) is 4.79 Å². The minimum atomic E-state index is -0.293. The van der Waals surface area contributed by atoms with Gasteiger partial charge in [-0.25, -0.2) is 4.39 Å². The maximum absolute atomic E-state index is 14.9. The second kappa shape index (κ2) is 12.8. The number of benzene rings is 3. The highest BCUT2D eigenvalue weighted by atomic mass is 19.1. The lowest BCUT2D eigenvalue weighted by molar-refractivity contribution is -0.143. The molecular formula is C33H39FO4. The van der Waals surface area contributed by atoms with E-state index in [9.17, 15) is 9.18 Å². The maximum atomic E-state index is 14.9. The van der Waals surface area contributed by atoms with E-state index in [1.54, 1.807) is 19.2 Å². The molecule has 5 heteroatoms. The normalized spacial score (nSPS) is 12.4. The number of rotatable bonds is 10. The molecule has 3 rings (SSSR count). The Morgan fingerprint density at radius 1 is 1.00 bits per heavy atom. The second-order valence-corrected chi connectivity index (χ2v) is 10.4. The van der Waals surface area contributed by atoms with Crippen LogP contribution in [0.5, 0.6) is 11.5 Å². The van der Waals surface area contributed by atoms with Crippen LogP contribution in [0.25, 0.3) is 11.1 Å². The van der Waals surface area contributed by atoms with Crippen molar-refractivity contribution in [3.8, 4) is 22.6 Å². The predicted molar refractivity (Wildman–Crippen MR) is 151 cm³/mol. The number of methoxy groups -OCH3 is 1. The average Bonchev–Trinajstić information content (AvgIpc) is 2.87. The predicted octanol–water partition coefficient (Wildman–Crippen LogP) is 8.30. The smallest absolute Gasteiger partial charge is 0.306 e. The summed E-state index contributed by atoms with van der Waals surface area (Å²) in [7, 11) is 1.58. The van der Waals surface area contributed by atoms with Crippen molar-refractivity contribution in [2.24, 2.45) is 0 Å². The number of aryl methyl sites for hydroxylation is 1. The first-order chi connectivity index (χ1) is 18.1. The number of hydrogen-bond acceptors (Lipinski definition) is 4. The van der Waals surface area contributed by atoms with E-state index in [0.29, 0.717) is 30.9 Å². The van der Waals surface area contributed by atoms with Crippen LogP contribution in [-0.4, -0.2) is 19.7 Å². The molecule has 0 aliphatic rings. The molecule has 38 heavy (non-hydrogen) atoms. The zero-order valence-electron chi connectivity index (χ0n) is 23.6. The molecule has 0 saturated heterocycles. The first-order valence-electron chi connectivity index (χ1n) is 13.1. The molecule has 0 N–H and O–H groups in total. The average molecular weight is 519 g/mol. The number of esters is 1. The standard InChI is InChI=1S/C33H39FO4/c1-8-10-24(19-32(35)37-9-2)27-14-12-26(17-22(27)3)38-21-23-11-15-30(33(4,5)6)28(18-23)29-20-25(36-7)13-16-31(29)34/h8,10-18,20,24H,9,19,21H2,1-7H3/t24-/m1/s1. The van der Waals surface area contributed by atoms with E-state index in [0.717, 1.165) is 33.6 Å². The number of carbonyl (C=O) groups excluding carboxylic acids is 1. The van der Waals surface area contributed by atoms with E-state index in [2.05, 4.69) is 26.8 Å². The van der Waals surface area contributed by atoms with Crippen molar-refractivity contribution < 1.29 is 23.4 Å². The molecule has 0 heterocycles. The fraction of sp³-hybridized carbons (Fsp3) is 0.364. The van der Waals surface area contributed by atoms with E-state index in [4.69, 9.17) is 14.2 Å². The summed E-state index contributed by atoms with van der Waals surface area (Å²) in [4.78, 5) is 12.1. The van der Waals surface area contributed by atoms with Crippen molar-refractivity contribution in [2.45, 2.75) is 65.9 Å². The SMILES string of the molecule is CC=C[C@H](CC(=O)OCC)c1ccc(OCc2ccc(C(C)(C)C)c(-c3cc(OC)ccc3F)c2)cc1C. The van der Waals surface area contributed by atoms with Gasteiger partial charge in [-0.15, -0.1) is 0 Å².